The highest BCUT2D eigenvalue weighted by molar-refractivity contribution is 5.13. The molecule has 3 N–H and O–H groups in total. The van der Waals surface area contributed by atoms with Gasteiger partial charge in [0.25, 0.3) is 0 Å². The van der Waals surface area contributed by atoms with Gasteiger partial charge in [-0.1, -0.05) is 0 Å². The lowest BCUT2D eigenvalue weighted by molar-refractivity contribution is 0.516. The third-order valence-corrected chi connectivity index (χ3v) is 2.80. The molecule has 0 fully saturated rings. The van der Waals surface area contributed by atoms with Crippen molar-refractivity contribution < 1.29 is 0 Å². The van der Waals surface area contributed by atoms with Crippen molar-refractivity contribution in [2.75, 3.05) is 0 Å². The Morgan fingerprint density at radius 1 is 1.41 bits per heavy atom. The highest BCUT2D eigenvalue weighted by Crippen LogP contribution is 2.17. The molecule has 0 spiro atoms. The minimum atomic E-state index is 0.136. The van der Waals surface area contributed by atoms with Crippen LogP contribution in [0.15, 0.2) is 36.9 Å². The Morgan fingerprint density at radius 3 is 2.76 bits per heavy atom. The molecule has 0 aliphatic carbocycles. The Bertz CT molecular complexity index is 451. The number of nitrogens with two attached hydrogens (primary N) is 1. The highest BCUT2D eigenvalue weighted by Gasteiger charge is 2.11. The molecule has 0 saturated heterocycles. The van der Waals surface area contributed by atoms with Crippen LogP contribution < -0.4 is 11.3 Å². The first-order valence-electron chi connectivity index (χ1n) is 5.63. The first-order chi connectivity index (χ1) is 8.29. The summed E-state index contributed by atoms with van der Waals surface area (Å²) in [5, 5.41) is 4.15. The molecule has 5 nitrogen and oxygen atoms in total. The van der Waals surface area contributed by atoms with Crippen LogP contribution in [0, 0.1) is 0 Å². The summed E-state index contributed by atoms with van der Waals surface area (Å²) in [4.78, 5) is 4.00. The smallest absolute Gasteiger partial charge is 0.0538 e. The van der Waals surface area contributed by atoms with E-state index >= 15 is 0 Å². The van der Waals surface area contributed by atoms with Gasteiger partial charge in [0.15, 0.2) is 0 Å². The van der Waals surface area contributed by atoms with Crippen molar-refractivity contribution in [3.8, 4) is 0 Å². The van der Waals surface area contributed by atoms with E-state index in [1.807, 2.05) is 44.0 Å². The number of nitrogens with zero attached hydrogens (tertiary/aromatic N) is 3. The van der Waals surface area contributed by atoms with Crippen molar-refractivity contribution >= 4 is 0 Å². The summed E-state index contributed by atoms with van der Waals surface area (Å²) in [5.41, 5.74) is 5.22. The molecular weight excluding hydrogens is 214 g/mol. The van der Waals surface area contributed by atoms with Crippen molar-refractivity contribution in [2.45, 2.75) is 18.9 Å². The van der Waals surface area contributed by atoms with E-state index in [2.05, 4.69) is 15.5 Å². The van der Waals surface area contributed by atoms with Crippen LogP contribution in [0.3, 0.4) is 0 Å². The van der Waals surface area contributed by atoms with Gasteiger partial charge in [-0.2, -0.15) is 5.10 Å². The van der Waals surface area contributed by atoms with Crippen molar-refractivity contribution in [3.05, 3.63) is 48.0 Å². The van der Waals surface area contributed by atoms with Gasteiger partial charge >= 0.3 is 0 Å². The number of pyridine rings is 1. The average Bonchev–Trinajstić information content (AvgIpc) is 2.78. The lowest BCUT2D eigenvalue weighted by Crippen LogP contribution is -2.28. The molecule has 2 heterocycles. The van der Waals surface area contributed by atoms with Crippen LogP contribution in [0.25, 0.3) is 0 Å². The van der Waals surface area contributed by atoms with Gasteiger partial charge < -0.3 is 0 Å². The van der Waals surface area contributed by atoms with Crippen LogP contribution in [0.4, 0.5) is 0 Å². The normalized spacial score (nSPS) is 12.6. The maximum atomic E-state index is 5.58. The third-order valence-electron chi connectivity index (χ3n) is 2.80. The number of hydrogen-bond acceptors (Lipinski definition) is 4. The minimum absolute atomic E-state index is 0.136. The third kappa shape index (κ3) is 3.12. The topological polar surface area (TPSA) is 68.8 Å². The molecule has 0 saturated carbocycles. The predicted octanol–water partition coefficient (Wildman–Crippen LogP) is 0.952. The minimum Gasteiger partial charge on any atom is -0.275 e. The predicted molar refractivity (Wildman–Crippen MR) is 65.8 cm³/mol. The van der Waals surface area contributed by atoms with E-state index in [1.165, 1.54) is 5.56 Å². The molecule has 0 aromatic carbocycles. The molecule has 0 amide bonds. The fourth-order valence-electron chi connectivity index (χ4n) is 1.83. The average molecular weight is 231 g/mol. The number of aryl methyl sites for hydroxylation is 2. The molecule has 0 bridgehead atoms. The van der Waals surface area contributed by atoms with E-state index in [4.69, 9.17) is 5.84 Å². The van der Waals surface area contributed by atoms with Crippen LogP contribution in [-0.2, 0) is 13.5 Å². The van der Waals surface area contributed by atoms with Gasteiger partial charge in [-0.25, -0.2) is 0 Å². The van der Waals surface area contributed by atoms with Crippen molar-refractivity contribution in [3.63, 3.8) is 0 Å². The second-order valence-electron chi connectivity index (χ2n) is 4.06. The standard InChI is InChI=1S/C12H17N5/c1-17-9-11(8-15-17)12(16-13)3-2-10-4-6-14-7-5-10/h4-9,12,16H,2-3,13H2,1H3. The highest BCUT2D eigenvalue weighted by atomic mass is 15.3. The summed E-state index contributed by atoms with van der Waals surface area (Å²) >= 11 is 0. The fraction of sp³-hybridized carbons (Fsp3) is 0.333. The largest absolute Gasteiger partial charge is 0.275 e. The van der Waals surface area contributed by atoms with E-state index in [0.717, 1.165) is 18.4 Å². The Hall–Kier alpha value is -1.72. The van der Waals surface area contributed by atoms with E-state index in [0.29, 0.717) is 0 Å². The summed E-state index contributed by atoms with van der Waals surface area (Å²) in [6.45, 7) is 0. The first kappa shape index (κ1) is 11.8. The molecule has 0 radical (unpaired) electrons. The molecule has 90 valence electrons. The van der Waals surface area contributed by atoms with E-state index in [9.17, 15) is 0 Å². The Labute approximate surface area is 101 Å². The van der Waals surface area contributed by atoms with Gasteiger partial charge in [0.05, 0.1) is 6.20 Å². The molecule has 2 aromatic rings. The molecule has 0 aliphatic rings. The maximum Gasteiger partial charge on any atom is 0.0538 e. The molecule has 5 heteroatoms. The van der Waals surface area contributed by atoms with E-state index in [1.54, 1.807) is 4.68 Å². The zero-order valence-corrected chi connectivity index (χ0v) is 9.87. The van der Waals surface area contributed by atoms with Crippen LogP contribution in [0.1, 0.15) is 23.6 Å². The van der Waals surface area contributed by atoms with Gasteiger partial charge in [0.1, 0.15) is 0 Å². The number of hydrazine groups is 1. The summed E-state index contributed by atoms with van der Waals surface area (Å²) in [5.74, 6) is 5.58. The van der Waals surface area contributed by atoms with Gasteiger partial charge in [0.2, 0.25) is 0 Å². The number of nitrogens with one attached hydrogen (secondary N) is 1. The molecule has 1 atom stereocenters. The molecule has 0 aliphatic heterocycles. The van der Waals surface area contributed by atoms with Gasteiger partial charge in [-0.3, -0.25) is 20.9 Å². The summed E-state index contributed by atoms with van der Waals surface area (Å²) in [7, 11) is 1.90. The zero-order valence-electron chi connectivity index (χ0n) is 9.87. The van der Waals surface area contributed by atoms with Crippen LogP contribution in [0.2, 0.25) is 0 Å². The molecule has 1 unspecified atom stereocenters. The molecule has 17 heavy (non-hydrogen) atoms. The molecule has 2 rings (SSSR count). The van der Waals surface area contributed by atoms with E-state index < -0.39 is 0 Å². The second-order valence-corrected chi connectivity index (χ2v) is 4.06. The van der Waals surface area contributed by atoms with Gasteiger partial charge in [-0.05, 0) is 30.5 Å². The number of rotatable bonds is 5. The number of hydrogen-bond donors (Lipinski definition) is 2. The van der Waals surface area contributed by atoms with Crippen LogP contribution >= 0.6 is 0 Å². The van der Waals surface area contributed by atoms with Gasteiger partial charge in [-0.15, -0.1) is 0 Å². The van der Waals surface area contributed by atoms with Gasteiger partial charge in [0, 0.05) is 37.2 Å². The SMILES string of the molecule is Cn1cc(C(CCc2ccncc2)NN)cn1. The van der Waals surface area contributed by atoms with Crippen molar-refractivity contribution in [1.82, 2.24) is 20.2 Å². The lowest BCUT2D eigenvalue weighted by Gasteiger charge is -2.13. The summed E-state index contributed by atoms with van der Waals surface area (Å²) in [6, 6.07) is 4.19. The second kappa shape index (κ2) is 5.56. The summed E-state index contributed by atoms with van der Waals surface area (Å²) in [6.07, 6.45) is 9.35. The molecular formula is C12H17N5. The van der Waals surface area contributed by atoms with E-state index in [-0.39, 0.29) is 6.04 Å². The first-order valence-corrected chi connectivity index (χ1v) is 5.63. The fourth-order valence-corrected chi connectivity index (χ4v) is 1.83. The quantitative estimate of drug-likeness (QED) is 0.594. The zero-order chi connectivity index (χ0) is 12.1. The summed E-state index contributed by atoms with van der Waals surface area (Å²) < 4.78 is 1.78. The van der Waals surface area contributed by atoms with Crippen LogP contribution in [-0.4, -0.2) is 14.8 Å². The monoisotopic (exact) mass is 231 g/mol. The van der Waals surface area contributed by atoms with Crippen molar-refractivity contribution in [1.29, 1.82) is 0 Å². The maximum absolute atomic E-state index is 5.58. The number of aromatic nitrogens is 3. The Kier molecular flexibility index (Phi) is 3.85. The van der Waals surface area contributed by atoms with Crippen molar-refractivity contribution in [2.24, 2.45) is 12.9 Å². The van der Waals surface area contributed by atoms with Crippen LogP contribution in [0.5, 0.6) is 0 Å². The Morgan fingerprint density at radius 2 is 2.18 bits per heavy atom. The molecule has 2 aromatic heterocycles. The Balaban J connectivity index is 1.97. The lowest BCUT2D eigenvalue weighted by atomic mass is 10.0.